The molecule has 1 fully saturated rings. The second kappa shape index (κ2) is 7.33. The summed E-state index contributed by atoms with van der Waals surface area (Å²) in [5.41, 5.74) is 4.07. The van der Waals surface area contributed by atoms with Crippen molar-refractivity contribution >= 4 is 28.1 Å². The number of carbonyl (C=O) groups is 1. The summed E-state index contributed by atoms with van der Waals surface area (Å²) in [4.78, 5) is 33.1. The van der Waals surface area contributed by atoms with Crippen LogP contribution in [0.15, 0.2) is 54.6 Å². The van der Waals surface area contributed by atoms with Crippen LogP contribution in [0.25, 0.3) is 22.2 Å². The number of thiazole rings is 1. The first-order chi connectivity index (χ1) is 14.2. The van der Waals surface area contributed by atoms with Gasteiger partial charge in [0.2, 0.25) is 0 Å². The molecule has 1 aliphatic rings. The topological polar surface area (TPSA) is 71.9 Å². The summed E-state index contributed by atoms with van der Waals surface area (Å²) >= 11 is 1.61. The highest BCUT2D eigenvalue weighted by Gasteiger charge is 2.33. The van der Waals surface area contributed by atoms with Gasteiger partial charge >= 0.3 is 0 Å². The van der Waals surface area contributed by atoms with Gasteiger partial charge in [0.1, 0.15) is 11.3 Å². The number of fused-ring (bicyclic) bond motifs is 1. The third-order valence-electron chi connectivity index (χ3n) is 5.30. The number of amides is 1. The number of aryl methyl sites for hydroxylation is 1. The molecule has 1 saturated heterocycles. The van der Waals surface area contributed by atoms with Crippen molar-refractivity contribution in [2.75, 3.05) is 6.54 Å². The molecule has 1 atom stereocenters. The fourth-order valence-electron chi connectivity index (χ4n) is 3.91. The zero-order valence-electron chi connectivity index (χ0n) is 15.9. The van der Waals surface area contributed by atoms with E-state index in [1.54, 1.807) is 29.9 Å². The Morgan fingerprint density at radius 1 is 1.21 bits per heavy atom. The average molecular weight is 401 g/mol. The van der Waals surface area contributed by atoms with Crippen LogP contribution >= 0.6 is 11.3 Å². The van der Waals surface area contributed by atoms with E-state index in [2.05, 4.69) is 15.0 Å². The summed E-state index contributed by atoms with van der Waals surface area (Å²) in [6.45, 7) is 2.77. The molecule has 4 heterocycles. The van der Waals surface area contributed by atoms with Crippen molar-refractivity contribution in [1.29, 1.82) is 0 Å². The van der Waals surface area contributed by atoms with Crippen molar-refractivity contribution < 1.29 is 4.79 Å². The van der Waals surface area contributed by atoms with Gasteiger partial charge in [-0.25, -0.2) is 19.9 Å². The Labute approximate surface area is 172 Å². The van der Waals surface area contributed by atoms with Crippen molar-refractivity contribution in [3.8, 4) is 11.3 Å². The van der Waals surface area contributed by atoms with Gasteiger partial charge in [0.25, 0.3) is 5.91 Å². The van der Waals surface area contributed by atoms with Crippen LogP contribution in [-0.2, 0) is 0 Å². The maximum absolute atomic E-state index is 13.7. The summed E-state index contributed by atoms with van der Waals surface area (Å²) in [6.07, 6.45) is 8.67. The monoisotopic (exact) mass is 401 g/mol. The number of hydrogen-bond donors (Lipinski definition) is 0. The van der Waals surface area contributed by atoms with E-state index in [1.165, 1.54) is 6.33 Å². The van der Waals surface area contributed by atoms with Crippen LogP contribution in [0.4, 0.5) is 0 Å². The lowest BCUT2D eigenvalue weighted by molar-refractivity contribution is 0.0737. The van der Waals surface area contributed by atoms with E-state index < -0.39 is 0 Å². The van der Waals surface area contributed by atoms with Gasteiger partial charge in [-0.15, -0.1) is 11.3 Å². The van der Waals surface area contributed by atoms with Gasteiger partial charge in [-0.3, -0.25) is 4.79 Å². The largest absolute Gasteiger partial charge is 0.329 e. The number of rotatable bonds is 3. The molecule has 1 aromatic carbocycles. The fraction of sp³-hybridized carbons (Fsp3) is 0.227. The quantitative estimate of drug-likeness (QED) is 0.508. The third-order valence-corrected chi connectivity index (χ3v) is 6.18. The van der Waals surface area contributed by atoms with Crippen LogP contribution in [0.5, 0.6) is 0 Å². The van der Waals surface area contributed by atoms with Crippen LogP contribution in [0.2, 0.25) is 0 Å². The Hall–Kier alpha value is -3.19. The van der Waals surface area contributed by atoms with Crippen LogP contribution in [0.3, 0.4) is 0 Å². The first kappa shape index (κ1) is 17.9. The zero-order chi connectivity index (χ0) is 19.8. The first-order valence-corrected chi connectivity index (χ1v) is 10.5. The number of aromatic nitrogens is 4. The molecular formula is C22H19N5OS. The Balaban J connectivity index is 1.64. The minimum Gasteiger partial charge on any atom is -0.329 e. The molecule has 0 spiro atoms. The van der Waals surface area contributed by atoms with Crippen molar-refractivity contribution in [2.24, 2.45) is 0 Å². The molecule has 0 unspecified atom stereocenters. The Bertz CT molecular complexity index is 1180. The normalized spacial score (nSPS) is 16.4. The Kier molecular flexibility index (Phi) is 4.52. The molecule has 0 N–H and O–H groups in total. The molecule has 0 saturated carbocycles. The van der Waals surface area contributed by atoms with Crippen molar-refractivity contribution in [1.82, 2.24) is 24.8 Å². The molecule has 6 nitrogen and oxygen atoms in total. The van der Waals surface area contributed by atoms with Gasteiger partial charge in [-0.1, -0.05) is 12.1 Å². The van der Waals surface area contributed by atoms with Crippen LogP contribution in [0.1, 0.15) is 39.8 Å². The molecule has 3 aromatic heterocycles. The number of pyridine rings is 1. The van der Waals surface area contributed by atoms with Crippen molar-refractivity contribution in [2.45, 2.75) is 25.8 Å². The van der Waals surface area contributed by atoms with E-state index in [9.17, 15) is 4.79 Å². The summed E-state index contributed by atoms with van der Waals surface area (Å²) in [5, 5.41) is 3.83. The van der Waals surface area contributed by atoms with Gasteiger partial charge in [-0.05, 0) is 37.5 Å². The first-order valence-electron chi connectivity index (χ1n) is 9.58. The van der Waals surface area contributed by atoms with E-state index in [-0.39, 0.29) is 11.9 Å². The lowest BCUT2D eigenvalue weighted by Gasteiger charge is -2.24. The van der Waals surface area contributed by atoms with E-state index >= 15 is 0 Å². The summed E-state index contributed by atoms with van der Waals surface area (Å²) in [5.74, 6) is 0.0250. The third kappa shape index (κ3) is 3.27. The van der Waals surface area contributed by atoms with Crippen molar-refractivity contribution in [3.63, 3.8) is 0 Å². The highest BCUT2D eigenvalue weighted by atomic mass is 32.1. The number of benzene rings is 1. The van der Waals surface area contributed by atoms with Gasteiger partial charge in [0.05, 0.1) is 22.8 Å². The molecule has 1 amide bonds. The predicted molar refractivity (Wildman–Crippen MR) is 113 cm³/mol. The summed E-state index contributed by atoms with van der Waals surface area (Å²) < 4.78 is 0. The summed E-state index contributed by atoms with van der Waals surface area (Å²) in [6, 6.07) is 7.94. The standard InChI is InChI=1S/C22H19N5OS/c1-14-4-5-16-17(10-18(26-19(16)9-14)15-11-23-13-24-12-15)22(28)27-7-2-3-20(27)21-25-6-8-29-21/h4-6,8-13,20H,2-3,7H2,1H3/t20-/m1/s1. The second-order valence-corrected chi connectivity index (χ2v) is 8.16. The number of likely N-dealkylation sites (tertiary alicyclic amines) is 1. The van der Waals surface area contributed by atoms with Crippen LogP contribution in [0, 0.1) is 6.92 Å². The van der Waals surface area contributed by atoms with Gasteiger partial charge in [-0.2, -0.15) is 0 Å². The molecule has 0 aliphatic carbocycles. The molecule has 0 bridgehead atoms. The predicted octanol–water partition coefficient (Wildman–Crippen LogP) is 4.43. The Morgan fingerprint density at radius 3 is 2.86 bits per heavy atom. The number of nitrogens with zero attached hydrogens (tertiary/aromatic N) is 5. The van der Waals surface area contributed by atoms with Gasteiger partial charge in [0, 0.05) is 41.5 Å². The lowest BCUT2D eigenvalue weighted by atomic mass is 10.0. The molecule has 0 radical (unpaired) electrons. The maximum Gasteiger partial charge on any atom is 0.255 e. The van der Waals surface area contributed by atoms with Crippen LogP contribution in [-0.4, -0.2) is 37.3 Å². The molecular weight excluding hydrogens is 382 g/mol. The van der Waals surface area contributed by atoms with E-state index in [1.807, 2.05) is 41.5 Å². The van der Waals surface area contributed by atoms with Gasteiger partial charge < -0.3 is 4.90 Å². The molecule has 5 rings (SSSR count). The van der Waals surface area contributed by atoms with Crippen LogP contribution < -0.4 is 0 Å². The maximum atomic E-state index is 13.7. The number of hydrogen-bond acceptors (Lipinski definition) is 6. The molecule has 7 heteroatoms. The highest BCUT2D eigenvalue weighted by Crippen LogP contribution is 2.35. The summed E-state index contributed by atoms with van der Waals surface area (Å²) in [7, 11) is 0. The SMILES string of the molecule is Cc1ccc2c(C(=O)N3CCC[C@@H]3c3nccs3)cc(-c3cncnc3)nc2c1. The van der Waals surface area contributed by atoms with Crippen molar-refractivity contribution in [3.05, 3.63) is 70.7 Å². The van der Waals surface area contributed by atoms with Gasteiger partial charge in [0.15, 0.2) is 0 Å². The average Bonchev–Trinajstić information content (AvgIpc) is 3.44. The minimum absolute atomic E-state index is 0.0250. The Morgan fingerprint density at radius 2 is 2.07 bits per heavy atom. The molecule has 1 aliphatic heterocycles. The van der Waals surface area contributed by atoms with E-state index in [0.717, 1.165) is 46.4 Å². The molecule has 4 aromatic rings. The highest BCUT2D eigenvalue weighted by molar-refractivity contribution is 7.09. The van der Waals surface area contributed by atoms with E-state index in [4.69, 9.17) is 4.98 Å². The van der Waals surface area contributed by atoms with E-state index in [0.29, 0.717) is 11.3 Å². The number of carbonyl (C=O) groups excluding carboxylic acids is 1. The zero-order valence-corrected chi connectivity index (χ0v) is 16.8. The minimum atomic E-state index is 0.0250. The fourth-order valence-corrected chi connectivity index (χ4v) is 4.70. The second-order valence-electron chi connectivity index (χ2n) is 7.23. The lowest BCUT2D eigenvalue weighted by Crippen LogP contribution is -2.30. The molecule has 144 valence electrons. The molecule has 29 heavy (non-hydrogen) atoms. The smallest absolute Gasteiger partial charge is 0.255 e.